The Balaban J connectivity index is 1.99. The molecule has 106 valence electrons. The van der Waals surface area contributed by atoms with Crippen LogP contribution in [0, 0.1) is 11.3 Å². The fourth-order valence-corrected chi connectivity index (χ4v) is 2.46. The standard InChI is InChI=1S/C15H30N2O/c1-13(2)8-6-4-5-7-10-17-14(18)15(3)9-11-16-12-15/h13,16H,4-12H2,1-3H3,(H,17,18). The van der Waals surface area contributed by atoms with E-state index >= 15 is 0 Å². The molecular formula is C15H30N2O. The number of amides is 1. The fraction of sp³-hybridized carbons (Fsp3) is 0.933. The number of carbonyl (C=O) groups excluding carboxylic acids is 1. The van der Waals surface area contributed by atoms with Crippen LogP contribution in [-0.4, -0.2) is 25.5 Å². The molecule has 0 radical (unpaired) electrons. The lowest BCUT2D eigenvalue weighted by Crippen LogP contribution is -2.40. The van der Waals surface area contributed by atoms with Crippen molar-refractivity contribution in [2.24, 2.45) is 11.3 Å². The molecule has 0 aromatic rings. The summed E-state index contributed by atoms with van der Waals surface area (Å²) in [4.78, 5) is 12.0. The zero-order valence-electron chi connectivity index (χ0n) is 12.3. The average Bonchev–Trinajstić information content (AvgIpc) is 2.75. The quantitative estimate of drug-likeness (QED) is 0.654. The first-order chi connectivity index (χ1) is 8.54. The van der Waals surface area contributed by atoms with Gasteiger partial charge in [0.05, 0.1) is 5.41 Å². The molecule has 2 N–H and O–H groups in total. The smallest absolute Gasteiger partial charge is 0.227 e. The third-order valence-corrected chi connectivity index (χ3v) is 3.91. The normalized spacial score (nSPS) is 23.6. The highest BCUT2D eigenvalue weighted by Crippen LogP contribution is 2.24. The van der Waals surface area contributed by atoms with E-state index in [1.54, 1.807) is 0 Å². The van der Waals surface area contributed by atoms with Crippen molar-refractivity contribution >= 4 is 5.91 Å². The van der Waals surface area contributed by atoms with E-state index in [1.165, 1.54) is 25.7 Å². The van der Waals surface area contributed by atoms with E-state index < -0.39 is 0 Å². The van der Waals surface area contributed by atoms with Gasteiger partial charge in [-0.2, -0.15) is 0 Å². The van der Waals surface area contributed by atoms with Crippen LogP contribution in [0.25, 0.3) is 0 Å². The molecule has 1 fully saturated rings. The lowest BCUT2D eigenvalue weighted by molar-refractivity contribution is -0.129. The Morgan fingerprint density at radius 1 is 1.28 bits per heavy atom. The molecule has 1 heterocycles. The molecule has 1 atom stereocenters. The molecule has 18 heavy (non-hydrogen) atoms. The van der Waals surface area contributed by atoms with Gasteiger partial charge in [-0.05, 0) is 32.2 Å². The monoisotopic (exact) mass is 254 g/mol. The summed E-state index contributed by atoms with van der Waals surface area (Å²) < 4.78 is 0. The Morgan fingerprint density at radius 3 is 2.61 bits per heavy atom. The molecule has 0 aromatic heterocycles. The highest BCUT2D eigenvalue weighted by molar-refractivity contribution is 5.82. The van der Waals surface area contributed by atoms with Crippen LogP contribution in [0.4, 0.5) is 0 Å². The first-order valence-electron chi connectivity index (χ1n) is 7.53. The third kappa shape index (κ3) is 5.38. The van der Waals surface area contributed by atoms with Crippen LogP contribution in [0.2, 0.25) is 0 Å². The summed E-state index contributed by atoms with van der Waals surface area (Å²) in [5.41, 5.74) is -0.169. The molecule has 1 aliphatic heterocycles. The van der Waals surface area contributed by atoms with Gasteiger partial charge >= 0.3 is 0 Å². The van der Waals surface area contributed by atoms with Crippen LogP contribution < -0.4 is 10.6 Å². The Labute approximate surface area is 112 Å². The molecule has 0 aliphatic carbocycles. The maximum Gasteiger partial charge on any atom is 0.227 e. The second kappa shape index (κ2) is 7.78. The number of carbonyl (C=O) groups is 1. The first-order valence-corrected chi connectivity index (χ1v) is 7.53. The fourth-order valence-electron chi connectivity index (χ4n) is 2.46. The van der Waals surface area contributed by atoms with Crippen LogP contribution in [-0.2, 0) is 4.79 Å². The first kappa shape index (κ1) is 15.5. The van der Waals surface area contributed by atoms with E-state index in [0.29, 0.717) is 0 Å². The lowest BCUT2D eigenvalue weighted by Gasteiger charge is -2.21. The van der Waals surface area contributed by atoms with E-state index in [4.69, 9.17) is 0 Å². The van der Waals surface area contributed by atoms with E-state index in [-0.39, 0.29) is 11.3 Å². The zero-order valence-corrected chi connectivity index (χ0v) is 12.3. The second-order valence-corrected chi connectivity index (χ2v) is 6.34. The number of rotatable bonds is 8. The summed E-state index contributed by atoms with van der Waals surface area (Å²) in [6, 6.07) is 0. The van der Waals surface area contributed by atoms with Gasteiger partial charge in [-0.25, -0.2) is 0 Å². The molecule has 3 heteroatoms. The van der Waals surface area contributed by atoms with Gasteiger partial charge in [-0.3, -0.25) is 4.79 Å². The van der Waals surface area contributed by atoms with Crippen molar-refractivity contribution in [3.8, 4) is 0 Å². The predicted molar refractivity (Wildman–Crippen MR) is 76.5 cm³/mol. The zero-order chi connectivity index (χ0) is 13.4. The Bertz CT molecular complexity index is 245. The Kier molecular flexibility index (Phi) is 6.69. The van der Waals surface area contributed by atoms with Crippen molar-refractivity contribution in [2.45, 2.75) is 59.3 Å². The van der Waals surface area contributed by atoms with Crippen molar-refractivity contribution in [3.05, 3.63) is 0 Å². The minimum Gasteiger partial charge on any atom is -0.356 e. The maximum atomic E-state index is 12.0. The van der Waals surface area contributed by atoms with Gasteiger partial charge in [-0.1, -0.05) is 39.5 Å². The van der Waals surface area contributed by atoms with Gasteiger partial charge in [-0.15, -0.1) is 0 Å². The van der Waals surface area contributed by atoms with Crippen LogP contribution in [0.15, 0.2) is 0 Å². The van der Waals surface area contributed by atoms with Crippen molar-refractivity contribution < 1.29 is 4.79 Å². The van der Waals surface area contributed by atoms with Crippen molar-refractivity contribution in [1.29, 1.82) is 0 Å². The van der Waals surface area contributed by atoms with Crippen molar-refractivity contribution in [2.75, 3.05) is 19.6 Å². The second-order valence-electron chi connectivity index (χ2n) is 6.34. The number of hydrogen-bond donors (Lipinski definition) is 2. The number of hydrogen-bond acceptors (Lipinski definition) is 2. The van der Waals surface area contributed by atoms with Gasteiger partial charge in [0.15, 0.2) is 0 Å². The SMILES string of the molecule is CC(C)CCCCCCNC(=O)C1(C)CCNC1. The topological polar surface area (TPSA) is 41.1 Å². The minimum atomic E-state index is -0.169. The molecular weight excluding hydrogens is 224 g/mol. The van der Waals surface area contributed by atoms with E-state index in [2.05, 4.69) is 31.4 Å². The molecule has 0 saturated carbocycles. The molecule has 1 unspecified atom stereocenters. The van der Waals surface area contributed by atoms with Crippen molar-refractivity contribution in [1.82, 2.24) is 10.6 Å². The van der Waals surface area contributed by atoms with Crippen LogP contribution in [0.3, 0.4) is 0 Å². The molecule has 1 rings (SSSR count). The van der Waals surface area contributed by atoms with E-state index in [9.17, 15) is 4.79 Å². The highest BCUT2D eigenvalue weighted by atomic mass is 16.2. The maximum absolute atomic E-state index is 12.0. The highest BCUT2D eigenvalue weighted by Gasteiger charge is 2.35. The molecule has 0 bridgehead atoms. The summed E-state index contributed by atoms with van der Waals surface area (Å²) in [5, 5.41) is 6.35. The van der Waals surface area contributed by atoms with Crippen LogP contribution in [0.1, 0.15) is 59.3 Å². The molecule has 0 spiro atoms. The van der Waals surface area contributed by atoms with Gasteiger partial charge in [0.1, 0.15) is 0 Å². The third-order valence-electron chi connectivity index (χ3n) is 3.91. The summed E-state index contributed by atoms with van der Waals surface area (Å²) >= 11 is 0. The average molecular weight is 254 g/mol. The largest absolute Gasteiger partial charge is 0.356 e. The summed E-state index contributed by atoms with van der Waals surface area (Å²) in [6.45, 7) is 9.25. The number of unbranched alkanes of at least 4 members (excludes halogenated alkanes) is 3. The summed E-state index contributed by atoms with van der Waals surface area (Å²) in [7, 11) is 0. The Hall–Kier alpha value is -0.570. The molecule has 1 saturated heterocycles. The molecule has 0 aromatic carbocycles. The predicted octanol–water partition coefficient (Wildman–Crippen LogP) is 2.71. The van der Waals surface area contributed by atoms with Crippen LogP contribution >= 0.6 is 0 Å². The summed E-state index contributed by atoms with van der Waals surface area (Å²) in [5.74, 6) is 1.05. The Morgan fingerprint density at radius 2 is 2.00 bits per heavy atom. The number of nitrogens with one attached hydrogen (secondary N) is 2. The molecule has 1 aliphatic rings. The van der Waals surface area contributed by atoms with E-state index in [0.717, 1.165) is 38.4 Å². The van der Waals surface area contributed by atoms with Crippen LogP contribution in [0.5, 0.6) is 0 Å². The molecule has 1 amide bonds. The van der Waals surface area contributed by atoms with E-state index in [1.807, 2.05) is 0 Å². The van der Waals surface area contributed by atoms with Gasteiger partial charge < -0.3 is 10.6 Å². The van der Waals surface area contributed by atoms with Gasteiger partial charge in [0.25, 0.3) is 0 Å². The van der Waals surface area contributed by atoms with Gasteiger partial charge in [0, 0.05) is 13.1 Å². The minimum absolute atomic E-state index is 0.169. The van der Waals surface area contributed by atoms with Crippen molar-refractivity contribution in [3.63, 3.8) is 0 Å². The molecule has 3 nitrogen and oxygen atoms in total. The van der Waals surface area contributed by atoms with Gasteiger partial charge in [0.2, 0.25) is 5.91 Å². The lowest BCUT2D eigenvalue weighted by atomic mass is 9.89. The summed E-state index contributed by atoms with van der Waals surface area (Å²) in [6.07, 6.45) is 7.28.